The van der Waals surface area contributed by atoms with E-state index in [2.05, 4.69) is 15.2 Å². The zero-order chi connectivity index (χ0) is 19.7. The van der Waals surface area contributed by atoms with Crippen LogP contribution in [0.3, 0.4) is 0 Å². The Bertz CT molecular complexity index is 971. The lowest BCUT2D eigenvalue weighted by Gasteiger charge is -2.33. The lowest BCUT2D eigenvalue weighted by molar-refractivity contribution is -0.137. The van der Waals surface area contributed by atoms with Crippen molar-refractivity contribution in [1.29, 1.82) is 0 Å². The number of alkyl halides is 3. The first-order chi connectivity index (χ1) is 13.4. The molecule has 0 saturated carbocycles. The number of benzene rings is 1. The molecule has 8 nitrogen and oxygen atoms in total. The summed E-state index contributed by atoms with van der Waals surface area (Å²) in [4.78, 5) is 18.4. The van der Waals surface area contributed by atoms with Crippen LogP contribution in [0.2, 0.25) is 0 Å². The van der Waals surface area contributed by atoms with Crippen LogP contribution >= 0.6 is 0 Å². The Morgan fingerprint density at radius 1 is 1.25 bits per heavy atom. The normalized spacial score (nSPS) is 17.7. The van der Waals surface area contributed by atoms with Crippen LogP contribution in [-0.4, -0.2) is 50.5 Å². The van der Waals surface area contributed by atoms with E-state index in [4.69, 9.17) is 9.26 Å². The summed E-state index contributed by atoms with van der Waals surface area (Å²) in [5.41, 5.74) is -0.503. The van der Waals surface area contributed by atoms with E-state index in [1.165, 1.54) is 34.0 Å². The van der Waals surface area contributed by atoms with E-state index in [1.807, 2.05) is 0 Å². The number of carbonyl (C=O) groups excluding carboxylic acids is 1. The van der Waals surface area contributed by atoms with E-state index in [-0.39, 0.29) is 18.0 Å². The van der Waals surface area contributed by atoms with Gasteiger partial charge in [-0.1, -0.05) is 11.2 Å². The SMILES string of the molecule is O=C(c1ccn(-c2cccc(C(F)(F)F)c2)n1)N1CCOC[C@@H]1c1ncon1. The fourth-order valence-corrected chi connectivity index (χ4v) is 2.94. The number of hydrogen-bond acceptors (Lipinski definition) is 6. The molecule has 1 aromatic carbocycles. The monoisotopic (exact) mass is 393 g/mol. The molecule has 1 amide bonds. The topological polar surface area (TPSA) is 86.3 Å². The quantitative estimate of drug-likeness (QED) is 0.680. The van der Waals surface area contributed by atoms with Gasteiger partial charge in [-0.25, -0.2) is 4.68 Å². The molecule has 1 saturated heterocycles. The third-order valence-electron chi connectivity index (χ3n) is 4.31. The van der Waals surface area contributed by atoms with Crippen molar-refractivity contribution in [3.63, 3.8) is 0 Å². The van der Waals surface area contributed by atoms with Gasteiger partial charge in [0, 0.05) is 12.7 Å². The molecule has 1 aliphatic heterocycles. The largest absolute Gasteiger partial charge is 0.416 e. The Morgan fingerprint density at radius 2 is 2.11 bits per heavy atom. The summed E-state index contributed by atoms with van der Waals surface area (Å²) in [5.74, 6) is -0.0887. The molecule has 1 aliphatic rings. The van der Waals surface area contributed by atoms with Crippen LogP contribution in [0, 0.1) is 0 Å². The molecule has 0 spiro atoms. The molecule has 0 radical (unpaired) electrons. The lowest BCUT2D eigenvalue weighted by Crippen LogP contribution is -2.44. The van der Waals surface area contributed by atoms with Gasteiger partial charge >= 0.3 is 6.18 Å². The van der Waals surface area contributed by atoms with Gasteiger partial charge in [-0.3, -0.25) is 4.79 Å². The third kappa shape index (κ3) is 3.48. The molecule has 4 rings (SSSR count). The molecule has 0 bridgehead atoms. The Morgan fingerprint density at radius 3 is 2.86 bits per heavy atom. The zero-order valence-corrected chi connectivity index (χ0v) is 14.3. The highest BCUT2D eigenvalue weighted by atomic mass is 19.4. The number of amides is 1. The van der Waals surface area contributed by atoms with Crippen molar-refractivity contribution < 1.29 is 27.2 Å². The second-order valence-electron chi connectivity index (χ2n) is 6.07. The standard InChI is InChI=1S/C17H14F3N5O3/c18-17(19,20)11-2-1-3-12(8-11)25-5-4-13(22-25)16(26)24-6-7-27-9-14(24)15-21-10-28-23-15/h1-5,8,10,14H,6-7,9H2/t14-/m1/s1. The van der Waals surface area contributed by atoms with Crippen LogP contribution in [0.15, 0.2) is 47.4 Å². The molecule has 11 heteroatoms. The maximum absolute atomic E-state index is 12.9. The number of ether oxygens (including phenoxy) is 1. The number of rotatable bonds is 3. The number of aromatic nitrogens is 4. The highest BCUT2D eigenvalue weighted by Crippen LogP contribution is 2.30. The van der Waals surface area contributed by atoms with Gasteiger partial charge in [0.2, 0.25) is 6.39 Å². The smallest absolute Gasteiger partial charge is 0.377 e. The fraction of sp³-hybridized carbons (Fsp3) is 0.294. The first-order valence-electron chi connectivity index (χ1n) is 8.32. The van der Waals surface area contributed by atoms with Crippen LogP contribution in [-0.2, 0) is 10.9 Å². The van der Waals surface area contributed by atoms with Crippen molar-refractivity contribution in [2.45, 2.75) is 12.2 Å². The Kier molecular flexibility index (Phi) is 4.59. The highest BCUT2D eigenvalue weighted by molar-refractivity contribution is 5.92. The number of halogens is 3. The van der Waals surface area contributed by atoms with E-state index in [9.17, 15) is 18.0 Å². The van der Waals surface area contributed by atoms with Gasteiger partial charge < -0.3 is 14.2 Å². The maximum Gasteiger partial charge on any atom is 0.416 e. The van der Waals surface area contributed by atoms with Crippen molar-refractivity contribution in [1.82, 2.24) is 24.8 Å². The minimum atomic E-state index is -4.46. The summed E-state index contributed by atoms with van der Waals surface area (Å²) in [7, 11) is 0. The molecule has 146 valence electrons. The second kappa shape index (κ2) is 7.08. The highest BCUT2D eigenvalue weighted by Gasteiger charge is 2.33. The van der Waals surface area contributed by atoms with E-state index in [1.54, 1.807) is 0 Å². The van der Waals surface area contributed by atoms with Crippen LogP contribution < -0.4 is 0 Å². The molecule has 0 aliphatic carbocycles. The maximum atomic E-state index is 12.9. The van der Waals surface area contributed by atoms with Gasteiger partial charge in [0.05, 0.1) is 24.5 Å². The number of hydrogen-bond donors (Lipinski definition) is 0. The third-order valence-corrected chi connectivity index (χ3v) is 4.31. The second-order valence-corrected chi connectivity index (χ2v) is 6.07. The molecule has 0 N–H and O–H groups in total. The molecule has 2 aromatic heterocycles. The molecule has 28 heavy (non-hydrogen) atoms. The summed E-state index contributed by atoms with van der Waals surface area (Å²) in [5, 5.41) is 7.91. The average molecular weight is 393 g/mol. The first-order valence-corrected chi connectivity index (χ1v) is 8.32. The van der Waals surface area contributed by atoms with Gasteiger partial charge in [0.1, 0.15) is 6.04 Å². The van der Waals surface area contributed by atoms with Gasteiger partial charge in [0.25, 0.3) is 5.91 Å². The molecular weight excluding hydrogens is 379 g/mol. The predicted octanol–water partition coefficient (Wildman–Crippen LogP) is 2.49. The van der Waals surface area contributed by atoms with Crippen molar-refractivity contribution in [3.05, 3.63) is 60.0 Å². The van der Waals surface area contributed by atoms with E-state index < -0.39 is 23.7 Å². The molecule has 3 heterocycles. The van der Waals surface area contributed by atoms with Gasteiger partial charge in [0.15, 0.2) is 11.5 Å². The van der Waals surface area contributed by atoms with Crippen LogP contribution in [0.5, 0.6) is 0 Å². The van der Waals surface area contributed by atoms with E-state index >= 15 is 0 Å². The number of carbonyl (C=O) groups is 1. The Hall–Kier alpha value is -3.21. The van der Waals surface area contributed by atoms with Gasteiger partial charge in [-0.05, 0) is 24.3 Å². The van der Waals surface area contributed by atoms with Crippen molar-refractivity contribution in [2.24, 2.45) is 0 Å². The lowest BCUT2D eigenvalue weighted by atomic mass is 10.2. The minimum absolute atomic E-state index is 0.0906. The van der Waals surface area contributed by atoms with Crippen LogP contribution in [0.1, 0.15) is 27.9 Å². The summed E-state index contributed by atoms with van der Waals surface area (Å²) in [6, 6.07) is 5.63. The van der Waals surface area contributed by atoms with Crippen molar-refractivity contribution >= 4 is 5.91 Å². The van der Waals surface area contributed by atoms with Crippen molar-refractivity contribution in [3.8, 4) is 5.69 Å². The van der Waals surface area contributed by atoms with E-state index in [0.717, 1.165) is 18.5 Å². The van der Waals surface area contributed by atoms with Crippen LogP contribution in [0.25, 0.3) is 5.69 Å². The predicted molar refractivity (Wildman–Crippen MR) is 87.5 cm³/mol. The number of nitrogens with zero attached hydrogens (tertiary/aromatic N) is 5. The molecule has 1 atom stereocenters. The molecule has 3 aromatic rings. The summed E-state index contributed by atoms with van der Waals surface area (Å²) in [6.45, 7) is 0.850. The average Bonchev–Trinajstić information content (AvgIpc) is 3.39. The van der Waals surface area contributed by atoms with Crippen molar-refractivity contribution in [2.75, 3.05) is 19.8 Å². The first kappa shape index (κ1) is 18.2. The molecular formula is C17H14F3N5O3. The Labute approximate surface area is 156 Å². The summed E-state index contributed by atoms with van der Waals surface area (Å²) < 4.78 is 50.1. The molecule has 0 unspecified atom stereocenters. The van der Waals surface area contributed by atoms with E-state index in [0.29, 0.717) is 19.0 Å². The van der Waals surface area contributed by atoms with Gasteiger partial charge in [-0.15, -0.1) is 0 Å². The Balaban J connectivity index is 1.59. The van der Waals surface area contributed by atoms with Crippen LogP contribution in [0.4, 0.5) is 13.2 Å². The summed E-state index contributed by atoms with van der Waals surface area (Å²) in [6.07, 6.45) is -1.87. The number of morpholine rings is 1. The zero-order valence-electron chi connectivity index (χ0n) is 14.3. The minimum Gasteiger partial charge on any atom is -0.377 e. The van der Waals surface area contributed by atoms with Gasteiger partial charge in [-0.2, -0.15) is 23.3 Å². The summed E-state index contributed by atoms with van der Waals surface area (Å²) >= 11 is 0. The fourth-order valence-electron chi connectivity index (χ4n) is 2.94. The molecule has 1 fully saturated rings.